The normalized spacial score (nSPS) is 20.8. The zero-order valence-corrected chi connectivity index (χ0v) is 21.0. The molecule has 0 bridgehead atoms. The van der Waals surface area contributed by atoms with E-state index in [1.54, 1.807) is 30.3 Å². The Labute approximate surface area is 215 Å². The Hall–Kier alpha value is -3.64. The van der Waals surface area contributed by atoms with E-state index in [-0.39, 0.29) is 10.5 Å². The number of benzene rings is 2. The maximum Gasteiger partial charge on any atom is 0.323 e. The number of rotatable bonds is 11. The summed E-state index contributed by atoms with van der Waals surface area (Å²) in [6, 6.07) is 13.2. The molecule has 1 amide bonds. The van der Waals surface area contributed by atoms with Crippen molar-refractivity contribution < 1.29 is 27.9 Å². The van der Waals surface area contributed by atoms with Crippen LogP contribution < -0.4 is 25.4 Å². The third-order valence-corrected chi connectivity index (χ3v) is 7.76. The van der Waals surface area contributed by atoms with Crippen LogP contribution in [0, 0.1) is 0 Å². The van der Waals surface area contributed by atoms with Gasteiger partial charge in [0.25, 0.3) is 5.91 Å². The molecule has 1 heterocycles. The second-order valence-corrected chi connectivity index (χ2v) is 10.6. The lowest BCUT2D eigenvalue weighted by Crippen LogP contribution is -2.48. The molecule has 1 aliphatic carbocycles. The molecule has 12 heteroatoms. The van der Waals surface area contributed by atoms with Crippen molar-refractivity contribution in [3.63, 3.8) is 0 Å². The van der Waals surface area contributed by atoms with E-state index in [0.717, 1.165) is 18.8 Å². The molecule has 0 radical (unpaired) electrons. The molecule has 3 atom stereocenters. The lowest BCUT2D eigenvalue weighted by molar-refractivity contribution is -0.138. The Morgan fingerprint density at radius 3 is 2.30 bits per heavy atom. The predicted octanol–water partition coefficient (Wildman–Crippen LogP) is 1.09. The van der Waals surface area contributed by atoms with Gasteiger partial charge in [-0.15, -0.1) is 0 Å². The highest BCUT2D eigenvalue weighted by Gasteiger charge is 2.32. The zero-order valence-electron chi connectivity index (χ0n) is 20.2. The van der Waals surface area contributed by atoms with Crippen LogP contribution in [0.1, 0.15) is 36.0 Å². The molecule has 2 fully saturated rings. The Morgan fingerprint density at radius 1 is 1.03 bits per heavy atom. The third kappa shape index (κ3) is 7.20. The molecule has 5 N–H and O–H groups in total. The largest absolute Gasteiger partial charge is 0.492 e. The molecule has 198 valence electrons. The van der Waals surface area contributed by atoms with Gasteiger partial charge in [-0.05, 0) is 49.2 Å². The van der Waals surface area contributed by atoms with Crippen LogP contribution in [0.15, 0.2) is 64.5 Å². The van der Waals surface area contributed by atoms with E-state index in [0.29, 0.717) is 31.0 Å². The number of aliphatic imine (C=N–C) groups is 1. The van der Waals surface area contributed by atoms with E-state index in [4.69, 9.17) is 4.74 Å². The number of fused-ring (bicyclic) bond motifs is 1. The highest BCUT2D eigenvalue weighted by atomic mass is 32.2. The summed E-state index contributed by atoms with van der Waals surface area (Å²) < 4.78 is 32.7. The van der Waals surface area contributed by atoms with Gasteiger partial charge < -0.3 is 25.8 Å². The first-order valence-corrected chi connectivity index (χ1v) is 13.7. The molecule has 1 unspecified atom stereocenters. The van der Waals surface area contributed by atoms with Crippen LogP contribution in [-0.4, -0.2) is 69.2 Å². The number of carbonyl (C=O) groups is 2. The summed E-state index contributed by atoms with van der Waals surface area (Å²) in [5, 5.41) is 18.7. The van der Waals surface area contributed by atoms with E-state index in [1.165, 1.54) is 37.1 Å². The Morgan fingerprint density at radius 2 is 1.68 bits per heavy atom. The average molecular weight is 530 g/mol. The number of ether oxygens (including phenoxy) is 1. The average Bonchev–Trinajstić information content (AvgIpc) is 3.32. The van der Waals surface area contributed by atoms with Gasteiger partial charge in [0, 0.05) is 24.2 Å². The van der Waals surface area contributed by atoms with Crippen molar-refractivity contribution in [3.05, 3.63) is 60.2 Å². The topological polar surface area (TPSA) is 158 Å². The third-order valence-electron chi connectivity index (χ3n) is 6.27. The summed E-state index contributed by atoms with van der Waals surface area (Å²) in [5.74, 6) is -0.563. The first kappa shape index (κ1) is 26.4. The monoisotopic (exact) mass is 529 g/mol. The number of nitrogens with one attached hydrogen (secondary N) is 4. The van der Waals surface area contributed by atoms with Gasteiger partial charge in [-0.3, -0.25) is 9.59 Å². The van der Waals surface area contributed by atoms with E-state index >= 15 is 0 Å². The summed E-state index contributed by atoms with van der Waals surface area (Å²) in [5.41, 5.74) is 0.282. The van der Waals surface area contributed by atoms with E-state index in [1.807, 2.05) is 0 Å². The minimum absolute atomic E-state index is 0.0664. The summed E-state index contributed by atoms with van der Waals surface area (Å²) >= 11 is 0. The van der Waals surface area contributed by atoms with Crippen molar-refractivity contribution >= 4 is 27.9 Å². The molecule has 11 nitrogen and oxygen atoms in total. The van der Waals surface area contributed by atoms with Crippen LogP contribution in [0.3, 0.4) is 0 Å². The van der Waals surface area contributed by atoms with Crippen molar-refractivity contribution in [2.45, 2.75) is 48.7 Å². The summed E-state index contributed by atoms with van der Waals surface area (Å²) in [7, 11) is -4.06. The van der Waals surface area contributed by atoms with Crippen molar-refractivity contribution in [1.29, 1.82) is 0 Å². The molecule has 1 aliphatic heterocycles. The second kappa shape index (κ2) is 12.1. The number of hydrogen-bond donors (Lipinski definition) is 5. The molecule has 1 saturated carbocycles. The number of carboxylic acids is 1. The van der Waals surface area contributed by atoms with E-state index in [2.05, 4.69) is 25.7 Å². The number of sulfonamides is 1. The van der Waals surface area contributed by atoms with Gasteiger partial charge in [0.05, 0.1) is 11.4 Å². The molecule has 2 aliphatic rings. The quantitative estimate of drug-likeness (QED) is 0.271. The van der Waals surface area contributed by atoms with Gasteiger partial charge in [-0.2, -0.15) is 4.72 Å². The fourth-order valence-electron chi connectivity index (χ4n) is 4.32. The number of carbonyl (C=O) groups excluding carboxylic acids is 1. The lowest BCUT2D eigenvalue weighted by Gasteiger charge is -2.23. The molecule has 2 aromatic carbocycles. The van der Waals surface area contributed by atoms with Crippen molar-refractivity contribution in [3.8, 4) is 5.75 Å². The Bertz CT molecular complexity index is 1200. The maximum atomic E-state index is 12.5. The molecule has 1 saturated heterocycles. The van der Waals surface area contributed by atoms with E-state index in [9.17, 15) is 23.1 Å². The Kier molecular flexibility index (Phi) is 8.62. The van der Waals surface area contributed by atoms with Crippen molar-refractivity contribution in [1.82, 2.24) is 20.7 Å². The van der Waals surface area contributed by atoms with Crippen LogP contribution >= 0.6 is 0 Å². The summed E-state index contributed by atoms with van der Waals surface area (Å²) in [4.78, 5) is 28.5. The standard InChI is InChI=1S/C25H31N5O6S/c31-23(27-16-22(24(32)33)30-37(34,35)19-6-2-1-3-7-19)17-10-12-18(13-11-17)36-15-14-26-25-28-20-8-4-5-9-21(20)29-25/h1-3,6-7,10-13,20-22,30H,4-5,8-9,14-16H2,(H,27,31)(H,32,33)(H2,26,28,29)/t20-,21+,22?. The van der Waals surface area contributed by atoms with Crippen molar-refractivity contribution in [2.75, 3.05) is 19.7 Å². The fourth-order valence-corrected chi connectivity index (χ4v) is 5.53. The highest BCUT2D eigenvalue weighted by Crippen LogP contribution is 2.21. The molecule has 0 aromatic heterocycles. The summed E-state index contributed by atoms with van der Waals surface area (Å²) in [6.07, 6.45) is 4.81. The molecular weight excluding hydrogens is 498 g/mol. The Balaban J connectivity index is 1.23. The van der Waals surface area contributed by atoms with Gasteiger partial charge in [0.1, 0.15) is 18.4 Å². The fraction of sp³-hybridized carbons (Fsp3) is 0.400. The van der Waals surface area contributed by atoms with Gasteiger partial charge in [-0.25, -0.2) is 13.4 Å². The number of amides is 1. The first-order chi connectivity index (χ1) is 17.8. The molecule has 37 heavy (non-hydrogen) atoms. The number of nitrogens with zero attached hydrogens (tertiary/aromatic N) is 1. The van der Waals surface area contributed by atoms with Crippen LogP contribution in [-0.2, 0) is 14.8 Å². The number of hydrogen-bond acceptors (Lipinski definition) is 6. The van der Waals surface area contributed by atoms with Crippen LogP contribution in [0.4, 0.5) is 0 Å². The van der Waals surface area contributed by atoms with Gasteiger partial charge in [-0.1, -0.05) is 31.0 Å². The molecule has 2 aromatic rings. The molecular formula is C25H31N5O6S. The smallest absolute Gasteiger partial charge is 0.323 e. The zero-order chi connectivity index (χ0) is 26.3. The minimum atomic E-state index is -4.06. The van der Waals surface area contributed by atoms with Crippen LogP contribution in [0.5, 0.6) is 5.75 Å². The van der Waals surface area contributed by atoms with Gasteiger partial charge in [0.2, 0.25) is 10.0 Å². The van der Waals surface area contributed by atoms with Crippen LogP contribution in [0.25, 0.3) is 0 Å². The number of carboxylic acid groups (broad SMARTS) is 1. The number of aliphatic carboxylic acids is 1. The lowest BCUT2D eigenvalue weighted by atomic mass is 9.92. The minimum Gasteiger partial charge on any atom is -0.492 e. The number of guanidine groups is 1. The van der Waals surface area contributed by atoms with E-state index < -0.39 is 34.5 Å². The predicted molar refractivity (Wildman–Crippen MR) is 137 cm³/mol. The first-order valence-electron chi connectivity index (χ1n) is 12.2. The molecule has 4 rings (SSSR count). The molecule has 0 spiro atoms. The maximum absolute atomic E-state index is 12.5. The SMILES string of the molecule is O=C(NCC(NS(=O)(=O)c1ccccc1)C(=O)O)c1ccc(OCCN=C2N[C@H]3CCCC[C@H]3N2)cc1. The van der Waals surface area contributed by atoms with Crippen LogP contribution in [0.2, 0.25) is 0 Å². The van der Waals surface area contributed by atoms with Gasteiger partial charge >= 0.3 is 5.97 Å². The highest BCUT2D eigenvalue weighted by molar-refractivity contribution is 7.89. The second-order valence-electron chi connectivity index (χ2n) is 8.92. The van der Waals surface area contributed by atoms with Gasteiger partial charge in [0.15, 0.2) is 5.96 Å². The van der Waals surface area contributed by atoms with Crippen molar-refractivity contribution in [2.24, 2.45) is 4.99 Å². The summed E-state index contributed by atoms with van der Waals surface area (Å²) in [6.45, 7) is 0.421.